The minimum absolute atomic E-state index is 0.388. The highest BCUT2D eigenvalue weighted by atomic mass is 16.5. The molecule has 5 nitrogen and oxygen atoms in total. The van der Waals surface area contributed by atoms with E-state index in [4.69, 9.17) is 9.84 Å². The zero-order valence-corrected chi connectivity index (χ0v) is 8.94. The quantitative estimate of drug-likeness (QED) is 0.569. The minimum Gasteiger partial charge on any atom is -0.465 e. The molecule has 0 aromatic rings. The summed E-state index contributed by atoms with van der Waals surface area (Å²) in [5.41, 5.74) is 0. The van der Waals surface area contributed by atoms with E-state index in [0.29, 0.717) is 19.6 Å². The molecule has 0 spiro atoms. The number of carbonyl (C=O) groups excluding carboxylic acids is 1. The monoisotopic (exact) mass is 215 g/mol. The van der Waals surface area contributed by atoms with Gasteiger partial charge in [-0.15, -0.1) is 0 Å². The van der Waals surface area contributed by atoms with Gasteiger partial charge in [0.15, 0.2) is 0 Å². The first-order valence-electron chi connectivity index (χ1n) is 5.33. The van der Waals surface area contributed by atoms with Crippen molar-refractivity contribution in [2.45, 2.75) is 38.6 Å². The van der Waals surface area contributed by atoms with Crippen LogP contribution in [0.2, 0.25) is 0 Å². The molecule has 1 atom stereocenters. The van der Waals surface area contributed by atoms with Crippen molar-refractivity contribution in [1.82, 2.24) is 4.90 Å². The maximum atomic E-state index is 11.5. The van der Waals surface area contributed by atoms with Crippen LogP contribution >= 0.6 is 0 Å². The third kappa shape index (κ3) is 3.11. The van der Waals surface area contributed by atoms with E-state index in [2.05, 4.69) is 0 Å². The summed E-state index contributed by atoms with van der Waals surface area (Å²) in [6.07, 6.45) is 2.06. The number of hydrogen-bond acceptors (Lipinski definition) is 3. The van der Waals surface area contributed by atoms with Crippen LogP contribution in [-0.2, 0) is 9.53 Å². The highest BCUT2D eigenvalue weighted by molar-refractivity contribution is 5.81. The average molecular weight is 215 g/mol. The Morgan fingerprint density at radius 2 is 2.27 bits per heavy atom. The molecule has 1 N–H and O–H groups in total. The van der Waals surface area contributed by atoms with Gasteiger partial charge in [0.05, 0.1) is 6.61 Å². The number of esters is 1. The van der Waals surface area contributed by atoms with Gasteiger partial charge in [-0.1, -0.05) is 13.3 Å². The second kappa shape index (κ2) is 5.58. The van der Waals surface area contributed by atoms with E-state index in [1.807, 2.05) is 6.92 Å². The number of carbonyl (C=O) groups is 2. The molecule has 0 aromatic heterocycles. The first-order valence-corrected chi connectivity index (χ1v) is 5.33. The van der Waals surface area contributed by atoms with Crippen molar-refractivity contribution in [1.29, 1.82) is 0 Å². The second-order valence-electron chi connectivity index (χ2n) is 3.66. The van der Waals surface area contributed by atoms with Crippen LogP contribution in [0.3, 0.4) is 0 Å². The molecule has 1 aliphatic heterocycles. The summed E-state index contributed by atoms with van der Waals surface area (Å²) in [7, 11) is 0. The molecule has 1 heterocycles. The number of rotatable bonds is 4. The van der Waals surface area contributed by atoms with Crippen LogP contribution < -0.4 is 0 Å². The lowest BCUT2D eigenvalue weighted by Crippen LogP contribution is -2.40. The standard InChI is InChI=1S/C10H17NO4/c1-2-3-7-15-9(12)8-5-4-6-11(8)10(13)14/h8H,2-7H2,1H3,(H,13,14). The lowest BCUT2D eigenvalue weighted by atomic mass is 10.2. The molecule has 1 fully saturated rings. The predicted octanol–water partition coefficient (Wildman–Crippen LogP) is 1.47. The molecule has 0 bridgehead atoms. The fourth-order valence-electron chi connectivity index (χ4n) is 1.65. The van der Waals surface area contributed by atoms with Crippen molar-refractivity contribution < 1.29 is 19.4 Å². The van der Waals surface area contributed by atoms with Gasteiger partial charge in [0.2, 0.25) is 0 Å². The number of ether oxygens (including phenoxy) is 1. The van der Waals surface area contributed by atoms with Crippen LogP contribution in [0.1, 0.15) is 32.6 Å². The molecule has 5 heteroatoms. The minimum atomic E-state index is -1.04. The van der Waals surface area contributed by atoms with Crippen LogP contribution in [0.15, 0.2) is 0 Å². The fourth-order valence-corrected chi connectivity index (χ4v) is 1.65. The van der Waals surface area contributed by atoms with Gasteiger partial charge in [0.25, 0.3) is 0 Å². The highest BCUT2D eigenvalue weighted by Crippen LogP contribution is 2.18. The van der Waals surface area contributed by atoms with Crippen LogP contribution in [0.4, 0.5) is 4.79 Å². The van der Waals surface area contributed by atoms with Crippen molar-refractivity contribution in [3.8, 4) is 0 Å². The Bertz CT molecular complexity index is 242. The van der Waals surface area contributed by atoms with Crippen LogP contribution in [0, 0.1) is 0 Å². The summed E-state index contributed by atoms with van der Waals surface area (Å²) in [4.78, 5) is 23.4. The molecule has 0 aliphatic carbocycles. The van der Waals surface area contributed by atoms with Crippen molar-refractivity contribution in [3.63, 3.8) is 0 Å². The molecule has 1 rings (SSSR count). The Labute approximate surface area is 89.0 Å². The lowest BCUT2D eigenvalue weighted by Gasteiger charge is -2.19. The van der Waals surface area contributed by atoms with E-state index in [1.165, 1.54) is 0 Å². The molecule has 0 saturated carbocycles. The van der Waals surface area contributed by atoms with Gasteiger partial charge >= 0.3 is 12.1 Å². The van der Waals surface area contributed by atoms with E-state index in [1.54, 1.807) is 0 Å². The van der Waals surface area contributed by atoms with E-state index in [9.17, 15) is 9.59 Å². The third-order valence-corrected chi connectivity index (χ3v) is 2.51. The number of carboxylic acid groups (broad SMARTS) is 1. The van der Waals surface area contributed by atoms with Crippen molar-refractivity contribution >= 4 is 12.1 Å². The third-order valence-electron chi connectivity index (χ3n) is 2.51. The van der Waals surface area contributed by atoms with Crippen LogP contribution in [0.5, 0.6) is 0 Å². The van der Waals surface area contributed by atoms with Crippen molar-refractivity contribution in [2.75, 3.05) is 13.2 Å². The van der Waals surface area contributed by atoms with E-state index in [0.717, 1.165) is 24.2 Å². The number of amides is 1. The Kier molecular flexibility index (Phi) is 4.39. The van der Waals surface area contributed by atoms with E-state index < -0.39 is 18.1 Å². The van der Waals surface area contributed by atoms with Gasteiger partial charge in [0.1, 0.15) is 6.04 Å². The zero-order chi connectivity index (χ0) is 11.3. The molecule has 1 saturated heterocycles. The Hall–Kier alpha value is -1.26. The summed E-state index contributed by atoms with van der Waals surface area (Å²) < 4.78 is 5.00. The van der Waals surface area contributed by atoms with Crippen molar-refractivity contribution in [2.24, 2.45) is 0 Å². The van der Waals surface area contributed by atoms with Gasteiger partial charge < -0.3 is 9.84 Å². The summed E-state index contributed by atoms with van der Waals surface area (Å²) in [6, 6.07) is -0.584. The zero-order valence-electron chi connectivity index (χ0n) is 8.94. The van der Waals surface area contributed by atoms with E-state index >= 15 is 0 Å². The maximum Gasteiger partial charge on any atom is 0.408 e. The van der Waals surface area contributed by atoms with Gasteiger partial charge in [-0.3, -0.25) is 4.90 Å². The summed E-state index contributed by atoms with van der Waals surface area (Å²) in [5.74, 6) is -0.400. The van der Waals surface area contributed by atoms with Crippen molar-refractivity contribution in [3.05, 3.63) is 0 Å². The second-order valence-corrected chi connectivity index (χ2v) is 3.66. The Morgan fingerprint density at radius 1 is 1.53 bits per heavy atom. The average Bonchev–Trinajstić information content (AvgIpc) is 2.66. The Balaban J connectivity index is 2.40. The normalized spacial score (nSPS) is 20.3. The lowest BCUT2D eigenvalue weighted by molar-refractivity contribution is -0.148. The first kappa shape index (κ1) is 11.8. The highest BCUT2D eigenvalue weighted by Gasteiger charge is 2.34. The number of likely N-dealkylation sites (tertiary alicyclic amines) is 1. The molecule has 15 heavy (non-hydrogen) atoms. The van der Waals surface area contributed by atoms with Crippen LogP contribution in [0.25, 0.3) is 0 Å². The first-order chi connectivity index (χ1) is 7.16. The van der Waals surface area contributed by atoms with E-state index in [-0.39, 0.29) is 0 Å². The molecule has 0 aromatic carbocycles. The molecular formula is C10H17NO4. The summed E-state index contributed by atoms with van der Waals surface area (Å²) >= 11 is 0. The summed E-state index contributed by atoms with van der Waals surface area (Å²) in [5, 5.41) is 8.82. The smallest absolute Gasteiger partial charge is 0.408 e. The molecule has 1 aliphatic rings. The van der Waals surface area contributed by atoms with Gasteiger partial charge in [0, 0.05) is 6.54 Å². The largest absolute Gasteiger partial charge is 0.465 e. The molecule has 0 radical (unpaired) electrons. The number of hydrogen-bond donors (Lipinski definition) is 1. The van der Waals surface area contributed by atoms with Gasteiger partial charge in [-0.25, -0.2) is 9.59 Å². The molecule has 1 amide bonds. The number of nitrogens with zero attached hydrogens (tertiary/aromatic N) is 1. The summed E-state index contributed by atoms with van der Waals surface area (Å²) in [6.45, 7) is 2.83. The van der Waals surface area contributed by atoms with Gasteiger partial charge in [-0.05, 0) is 19.3 Å². The fraction of sp³-hybridized carbons (Fsp3) is 0.800. The van der Waals surface area contributed by atoms with Crippen LogP contribution in [-0.4, -0.2) is 41.3 Å². The SMILES string of the molecule is CCCCOC(=O)C1CCCN1C(=O)O. The predicted molar refractivity (Wildman–Crippen MR) is 53.6 cm³/mol. The molecule has 1 unspecified atom stereocenters. The topological polar surface area (TPSA) is 66.8 Å². The number of unbranched alkanes of at least 4 members (excludes halogenated alkanes) is 1. The van der Waals surface area contributed by atoms with Gasteiger partial charge in [-0.2, -0.15) is 0 Å². The Morgan fingerprint density at radius 3 is 2.87 bits per heavy atom. The molecule has 86 valence electrons. The molecular weight excluding hydrogens is 198 g/mol. The maximum absolute atomic E-state index is 11.5.